The average molecular weight is 255 g/mol. The Hall–Kier alpha value is -2.36. The number of rotatable bonds is 2. The van der Waals surface area contributed by atoms with E-state index in [-0.39, 0.29) is 11.5 Å². The van der Waals surface area contributed by atoms with Crippen molar-refractivity contribution < 1.29 is 9.15 Å². The lowest BCUT2D eigenvalue weighted by Gasteiger charge is -2.10. The summed E-state index contributed by atoms with van der Waals surface area (Å²) in [4.78, 5) is 15.8. The highest BCUT2D eigenvalue weighted by molar-refractivity contribution is 5.77. The summed E-state index contributed by atoms with van der Waals surface area (Å²) in [5.74, 6) is 1.22. The number of nitrogens with zero attached hydrogens (tertiary/aromatic N) is 1. The van der Waals surface area contributed by atoms with E-state index in [9.17, 15) is 4.79 Å². The van der Waals surface area contributed by atoms with Crippen LogP contribution in [0.2, 0.25) is 0 Å². The smallest absolute Gasteiger partial charge is 0.182 e. The molecule has 0 bridgehead atoms. The molecule has 0 atom stereocenters. The lowest BCUT2D eigenvalue weighted by molar-refractivity contribution is 0.242. The van der Waals surface area contributed by atoms with E-state index < -0.39 is 0 Å². The van der Waals surface area contributed by atoms with Crippen LogP contribution in [0, 0.1) is 0 Å². The molecule has 0 saturated carbocycles. The Balaban J connectivity index is 2.20. The van der Waals surface area contributed by atoms with Crippen molar-refractivity contribution in [1.82, 2.24) is 4.98 Å². The van der Waals surface area contributed by atoms with Gasteiger partial charge in [0.2, 0.25) is 0 Å². The third-order valence-corrected chi connectivity index (χ3v) is 2.70. The van der Waals surface area contributed by atoms with Gasteiger partial charge in [-0.2, -0.15) is 0 Å². The highest BCUT2D eigenvalue weighted by atomic mass is 16.5. The molecule has 3 rings (SSSR count). The first-order valence-electron chi connectivity index (χ1n) is 6.13. The molecule has 1 heterocycles. The molecule has 1 aromatic carbocycles. The van der Waals surface area contributed by atoms with Crippen LogP contribution in [0.25, 0.3) is 22.6 Å². The zero-order chi connectivity index (χ0) is 13.4. The third kappa shape index (κ3) is 2.29. The Kier molecular flexibility index (Phi) is 2.71. The summed E-state index contributed by atoms with van der Waals surface area (Å²) in [6.45, 7) is 3.92. The summed E-state index contributed by atoms with van der Waals surface area (Å²) >= 11 is 0. The number of aromatic nitrogens is 1. The fraction of sp³-hybridized carbons (Fsp3) is 0.200. The van der Waals surface area contributed by atoms with Gasteiger partial charge in [-0.3, -0.25) is 4.79 Å². The predicted molar refractivity (Wildman–Crippen MR) is 72.7 cm³/mol. The van der Waals surface area contributed by atoms with E-state index >= 15 is 0 Å². The minimum atomic E-state index is -0.0908. The standard InChI is InChI=1S/C15H13NO3/c1-9(2)18-11-4-6-13-15(8-11)19-14-7-10(17)3-5-12(14)16-13/h3-9H,1-2H3. The zero-order valence-electron chi connectivity index (χ0n) is 10.7. The fourth-order valence-electron chi connectivity index (χ4n) is 1.93. The predicted octanol–water partition coefficient (Wildman–Crippen LogP) is 3.08. The Morgan fingerprint density at radius 1 is 1.16 bits per heavy atom. The van der Waals surface area contributed by atoms with Gasteiger partial charge >= 0.3 is 0 Å². The Morgan fingerprint density at radius 2 is 2.00 bits per heavy atom. The lowest BCUT2D eigenvalue weighted by Crippen LogP contribution is -2.05. The van der Waals surface area contributed by atoms with Crippen LogP contribution < -0.4 is 10.2 Å². The van der Waals surface area contributed by atoms with Crippen molar-refractivity contribution in [3.8, 4) is 17.2 Å². The molecule has 0 spiro atoms. The van der Waals surface area contributed by atoms with Crippen LogP contribution in [0.3, 0.4) is 0 Å². The summed E-state index contributed by atoms with van der Waals surface area (Å²) in [5, 5.41) is 0. The average Bonchev–Trinajstić information content (AvgIpc) is 2.35. The topological polar surface area (TPSA) is 52.3 Å². The molecule has 0 saturated heterocycles. The molecule has 0 amide bonds. The summed E-state index contributed by atoms with van der Waals surface area (Å²) < 4.78 is 11.3. The second-order valence-corrected chi connectivity index (χ2v) is 4.64. The summed E-state index contributed by atoms with van der Waals surface area (Å²) in [7, 11) is 0. The van der Waals surface area contributed by atoms with Crippen molar-refractivity contribution in [2.45, 2.75) is 20.0 Å². The number of fused-ring (bicyclic) bond motifs is 2. The van der Waals surface area contributed by atoms with E-state index in [2.05, 4.69) is 4.98 Å². The molecule has 0 N–H and O–H groups in total. The first-order chi connectivity index (χ1) is 9.11. The van der Waals surface area contributed by atoms with Crippen molar-refractivity contribution in [3.63, 3.8) is 0 Å². The first-order valence-corrected chi connectivity index (χ1v) is 6.13. The minimum Gasteiger partial charge on any atom is -0.491 e. The largest absolute Gasteiger partial charge is 0.491 e. The number of benzene rings is 2. The summed E-state index contributed by atoms with van der Waals surface area (Å²) in [6, 6.07) is 10.1. The third-order valence-electron chi connectivity index (χ3n) is 2.70. The van der Waals surface area contributed by atoms with Crippen LogP contribution in [-0.4, -0.2) is 11.1 Å². The van der Waals surface area contributed by atoms with Crippen molar-refractivity contribution in [2.75, 3.05) is 0 Å². The quantitative estimate of drug-likeness (QED) is 0.660. The van der Waals surface area contributed by atoms with Gasteiger partial charge < -0.3 is 9.15 Å². The zero-order valence-corrected chi connectivity index (χ0v) is 10.7. The van der Waals surface area contributed by atoms with E-state index in [0.717, 1.165) is 11.3 Å². The van der Waals surface area contributed by atoms with Crippen molar-refractivity contribution in [2.24, 2.45) is 0 Å². The molecule has 0 radical (unpaired) electrons. The van der Waals surface area contributed by atoms with Crippen molar-refractivity contribution in [1.29, 1.82) is 0 Å². The van der Waals surface area contributed by atoms with Gasteiger partial charge in [-0.1, -0.05) is 0 Å². The van der Waals surface area contributed by atoms with Crippen LogP contribution in [0.1, 0.15) is 13.8 Å². The normalized spacial score (nSPS) is 11.3. The van der Waals surface area contributed by atoms with E-state index in [1.54, 1.807) is 12.1 Å². The lowest BCUT2D eigenvalue weighted by atomic mass is 10.2. The van der Waals surface area contributed by atoms with E-state index in [0.29, 0.717) is 17.0 Å². The molecule has 1 aliphatic heterocycles. The van der Waals surface area contributed by atoms with Crippen molar-refractivity contribution >= 4 is 11.1 Å². The molecule has 4 heteroatoms. The van der Waals surface area contributed by atoms with Gasteiger partial charge in [0.15, 0.2) is 16.8 Å². The molecular weight excluding hydrogens is 242 g/mol. The van der Waals surface area contributed by atoms with Crippen LogP contribution in [0.4, 0.5) is 0 Å². The highest BCUT2D eigenvalue weighted by Gasteiger charge is 2.10. The highest BCUT2D eigenvalue weighted by Crippen LogP contribution is 2.26. The maximum absolute atomic E-state index is 11.3. The summed E-state index contributed by atoms with van der Waals surface area (Å²) in [5.41, 5.74) is 1.93. The van der Waals surface area contributed by atoms with E-state index in [4.69, 9.17) is 9.15 Å². The monoisotopic (exact) mass is 255 g/mol. The second kappa shape index (κ2) is 4.39. The van der Waals surface area contributed by atoms with Gasteiger partial charge in [0, 0.05) is 12.1 Å². The van der Waals surface area contributed by atoms with Crippen LogP contribution in [0.15, 0.2) is 45.6 Å². The van der Waals surface area contributed by atoms with Gasteiger partial charge in [0.05, 0.1) is 6.10 Å². The Morgan fingerprint density at radius 3 is 2.79 bits per heavy atom. The second-order valence-electron chi connectivity index (χ2n) is 4.64. The number of hydrogen-bond acceptors (Lipinski definition) is 4. The maximum Gasteiger partial charge on any atom is 0.182 e. The van der Waals surface area contributed by atoms with E-state index in [1.807, 2.05) is 26.0 Å². The van der Waals surface area contributed by atoms with Crippen LogP contribution >= 0.6 is 0 Å². The number of ether oxygens (including phenoxy) is 1. The van der Waals surface area contributed by atoms with E-state index in [1.165, 1.54) is 12.1 Å². The molecule has 19 heavy (non-hydrogen) atoms. The molecular formula is C15H13NO3. The molecule has 0 fully saturated rings. The molecule has 2 aliphatic rings. The van der Waals surface area contributed by atoms with Crippen molar-refractivity contribution in [3.05, 3.63) is 46.6 Å². The Bertz CT molecular complexity index is 761. The molecule has 0 unspecified atom stereocenters. The van der Waals surface area contributed by atoms with Gasteiger partial charge in [0.25, 0.3) is 0 Å². The molecule has 1 aliphatic carbocycles. The fourth-order valence-corrected chi connectivity index (χ4v) is 1.93. The van der Waals surface area contributed by atoms with Crippen LogP contribution in [-0.2, 0) is 0 Å². The summed E-state index contributed by atoms with van der Waals surface area (Å²) in [6.07, 6.45) is 0.0964. The molecule has 96 valence electrons. The van der Waals surface area contributed by atoms with Gasteiger partial charge in [-0.25, -0.2) is 4.98 Å². The Labute approximate surface area is 110 Å². The molecule has 1 aromatic rings. The SMILES string of the molecule is CC(C)Oc1ccc2nc3ccc(=O)cc-3oc2c1. The van der Waals surface area contributed by atoms with Gasteiger partial charge in [-0.05, 0) is 38.1 Å². The maximum atomic E-state index is 11.3. The van der Waals surface area contributed by atoms with Crippen LogP contribution in [0.5, 0.6) is 5.75 Å². The van der Waals surface area contributed by atoms with Gasteiger partial charge in [-0.15, -0.1) is 0 Å². The van der Waals surface area contributed by atoms with Gasteiger partial charge in [0.1, 0.15) is 17.0 Å². The first kappa shape index (κ1) is 11.7. The minimum absolute atomic E-state index is 0.0908. The number of hydrogen-bond donors (Lipinski definition) is 0. The molecule has 4 nitrogen and oxygen atoms in total. The molecule has 0 aromatic heterocycles.